The molecular weight excluding hydrogens is 512 g/mol. The fourth-order valence-electron chi connectivity index (χ4n) is 5.48. The van der Waals surface area contributed by atoms with Gasteiger partial charge >= 0.3 is 12.1 Å². The first-order valence-corrected chi connectivity index (χ1v) is 13.8. The van der Waals surface area contributed by atoms with Gasteiger partial charge in [-0.25, -0.2) is 19.6 Å². The zero-order valence-electron chi connectivity index (χ0n) is 23.6. The minimum Gasteiger partial charge on any atom is -0.444 e. The van der Waals surface area contributed by atoms with Crippen molar-refractivity contribution in [2.75, 3.05) is 50.0 Å². The molecule has 4 amide bonds. The Labute approximate surface area is 234 Å². The predicted octanol–water partition coefficient (Wildman–Crippen LogP) is 2.95. The van der Waals surface area contributed by atoms with Gasteiger partial charge in [-0.2, -0.15) is 0 Å². The first-order chi connectivity index (χ1) is 19.0. The molecule has 2 aromatic rings. The molecule has 3 aliphatic rings. The molecule has 0 unspecified atom stereocenters. The monoisotopic (exact) mass is 550 g/mol. The lowest BCUT2D eigenvalue weighted by molar-refractivity contribution is 0.0224. The summed E-state index contributed by atoms with van der Waals surface area (Å²) in [6.45, 7) is 9.43. The number of ether oxygens (including phenoxy) is 1. The molecule has 0 bridgehead atoms. The molecule has 4 heterocycles. The highest BCUT2D eigenvalue weighted by atomic mass is 16.6. The number of likely N-dealkylation sites (N-methyl/N-ethyl adjacent to an activating group) is 1. The van der Waals surface area contributed by atoms with Crippen LogP contribution in [-0.4, -0.2) is 94.1 Å². The summed E-state index contributed by atoms with van der Waals surface area (Å²) in [7, 11) is 1.82. The van der Waals surface area contributed by atoms with Gasteiger partial charge in [-0.1, -0.05) is 6.07 Å². The summed E-state index contributed by atoms with van der Waals surface area (Å²) < 4.78 is 5.56. The van der Waals surface area contributed by atoms with E-state index < -0.39 is 11.5 Å². The number of nitrogens with two attached hydrogens (primary N) is 1. The van der Waals surface area contributed by atoms with Crippen molar-refractivity contribution in [1.82, 2.24) is 24.7 Å². The van der Waals surface area contributed by atoms with E-state index in [1.165, 1.54) is 0 Å². The largest absolute Gasteiger partial charge is 0.444 e. The second-order valence-electron chi connectivity index (χ2n) is 11.7. The first-order valence-electron chi connectivity index (χ1n) is 13.8. The summed E-state index contributed by atoms with van der Waals surface area (Å²) in [5.74, 6) is 0.202. The number of primary amides is 1. The number of hydrogen-bond acceptors (Lipinski definition) is 8. The molecule has 5 rings (SSSR count). The molecule has 0 aliphatic carbocycles. The molecule has 1 aromatic carbocycles. The number of aromatic nitrogens is 2. The van der Waals surface area contributed by atoms with Gasteiger partial charge in [-0.3, -0.25) is 4.79 Å². The van der Waals surface area contributed by atoms with Gasteiger partial charge < -0.3 is 35.4 Å². The molecule has 3 aliphatic heterocycles. The number of urea groups is 1. The molecule has 0 saturated carbocycles. The van der Waals surface area contributed by atoms with Gasteiger partial charge in [0.2, 0.25) is 0 Å². The highest BCUT2D eigenvalue weighted by molar-refractivity contribution is 5.96. The van der Waals surface area contributed by atoms with E-state index in [0.717, 1.165) is 50.0 Å². The van der Waals surface area contributed by atoms with E-state index >= 15 is 0 Å². The number of carbonyl (C=O) groups is 3. The molecule has 12 heteroatoms. The summed E-state index contributed by atoms with van der Waals surface area (Å²) in [4.78, 5) is 54.0. The Kier molecular flexibility index (Phi) is 7.43. The van der Waals surface area contributed by atoms with Gasteiger partial charge in [0.25, 0.3) is 5.91 Å². The Balaban J connectivity index is 1.34. The Morgan fingerprint density at radius 3 is 2.62 bits per heavy atom. The summed E-state index contributed by atoms with van der Waals surface area (Å²) in [6.07, 6.45) is 3.80. The molecule has 3 N–H and O–H groups in total. The van der Waals surface area contributed by atoms with Crippen LogP contribution in [-0.2, 0) is 17.7 Å². The highest BCUT2D eigenvalue weighted by Crippen LogP contribution is 2.29. The van der Waals surface area contributed by atoms with Crippen molar-refractivity contribution in [3.05, 3.63) is 41.2 Å². The van der Waals surface area contributed by atoms with Gasteiger partial charge in [-0.15, -0.1) is 0 Å². The van der Waals surface area contributed by atoms with E-state index in [9.17, 15) is 14.4 Å². The highest BCUT2D eigenvalue weighted by Gasteiger charge is 2.35. The number of fused-ring (bicyclic) bond motifs is 1. The van der Waals surface area contributed by atoms with Crippen LogP contribution in [0.5, 0.6) is 0 Å². The third-order valence-electron chi connectivity index (χ3n) is 7.54. The van der Waals surface area contributed by atoms with E-state index in [1.54, 1.807) is 16.0 Å². The molecule has 1 aromatic heterocycles. The number of hydrogen-bond donors (Lipinski definition) is 2. The van der Waals surface area contributed by atoms with Crippen LogP contribution < -0.4 is 16.0 Å². The molecule has 40 heavy (non-hydrogen) atoms. The molecule has 214 valence electrons. The van der Waals surface area contributed by atoms with E-state index in [1.807, 2.05) is 50.9 Å². The van der Waals surface area contributed by atoms with Gasteiger partial charge in [0.15, 0.2) is 11.5 Å². The zero-order chi connectivity index (χ0) is 28.6. The van der Waals surface area contributed by atoms with Gasteiger partial charge in [0.05, 0.1) is 12.2 Å². The second kappa shape index (κ2) is 10.8. The van der Waals surface area contributed by atoms with Crippen molar-refractivity contribution in [2.24, 2.45) is 5.73 Å². The Bertz CT molecular complexity index is 1310. The SMILES string of the molecule is CN1CCN([C@@H]2CCCN(c3cnc(C(N)=O)c(Nc4ccc5c(c4)CN(C(=O)OC(C)(C)C)CC5)n3)C2)C1=O. The smallest absolute Gasteiger partial charge is 0.410 e. The number of amides is 4. The number of nitrogens with zero attached hydrogens (tertiary/aromatic N) is 6. The lowest BCUT2D eigenvalue weighted by Gasteiger charge is -2.37. The number of nitrogens with one attached hydrogen (secondary N) is 1. The van der Waals surface area contributed by atoms with Crippen LogP contribution >= 0.6 is 0 Å². The number of carbonyl (C=O) groups excluding carboxylic acids is 3. The van der Waals surface area contributed by atoms with Crippen LogP contribution in [0.15, 0.2) is 24.4 Å². The Morgan fingerprint density at radius 2 is 1.93 bits per heavy atom. The van der Waals surface area contributed by atoms with Crippen LogP contribution in [0.2, 0.25) is 0 Å². The summed E-state index contributed by atoms with van der Waals surface area (Å²) in [5, 5.41) is 3.24. The maximum absolute atomic E-state index is 12.6. The fourth-order valence-corrected chi connectivity index (χ4v) is 5.48. The Hall–Kier alpha value is -4.09. The lowest BCUT2D eigenvalue weighted by atomic mass is 9.99. The number of piperidine rings is 1. The lowest BCUT2D eigenvalue weighted by Crippen LogP contribution is -2.49. The quantitative estimate of drug-likeness (QED) is 0.580. The van der Waals surface area contributed by atoms with Gasteiger partial charge in [0.1, 0.15) is 11.4 Å². The number of anilines is 3. The van der Waals surface area contributed by atoms with Gasteiger partial charge in [0, 0.05) is 52.0 Å². The normalized spacial score (nSPS) is 19.5. The van der Waals surface area contributed by atoms with Crippen LogP contribution in [0.3, 0.4) is 0 Å². The predicted molar refractivity (Wildman–Crippen MR) is 151 cm³/mol. The van der Waals surface area contributed by atoms with E-state index in [2.05, 4.69) is 15.2 Å². The number of benzene rings is 1. The summed E-state index contributed by atoms with van der Waals surface area (Å²) in [6, 6.07) is 6.05. The average Bonchev–Trinajstić information content (AvgIpc) is 3.25. The van der Waals surface area contributed by atoms with Crippen LogP contribution in [0.1, 0.15) is 55.2 Å². The Morgan fingerprint density at radius 1 is 1.12 bits per heavy atom. The molecule has 0 radical (unpaired) electrons. The van der Waals surface area contributed by atoms with Crippen LogP contribution in [0.4, 0.5) is 26.9 Å². The maximum atomic E-state index is 12.6. The zero-order valence-corrected chi connectivity index (χ0v) is 23.6. The fraction of sp³-hybridized carbons (Fsp3) is 0.536. The van der Waals surface area contributed by atoms with Crippen molar-refractivity contribution in [1.29, 1.82) is 0 Å². The van der Waals surface area contributed by atoms with E-state index in [-0.39, 0.29) is 29.7 Å². The van der Waals surface area contributed by atoms with Crippen molar-refractivity contribution in [3.8, 4) is 0 Å². The van der Waals surface area contributed by atoms with Crippen LogP contribution in [0.25, 0.3) is 0 Å². The molecule has 0 spiro atoms. The summed E-state index contributed by atoms with van der Waals surface area (Å²) >= 11 is 0. The van der Waals surface area contributed by atoms with Crippen molar-refractivity contribution in [3.63, 3.8) is 0 Å². The minimum absolute atomic E-state index is 0.0433. The van der Waals surface area contributed by atoms with Crippen molar-refractivity contribution < 1.29 is 19.1 Å². The van der Waals surface area contributed by atoms with Gasteiger partial charge in [-0.05, 0) is 63.3 Å². The van der Waals surface area contributed by atoms with Crippen molar-refractivity contribution >= 4 is 35.4 Å². The second-order valence-corrected chi connectivity index (χ2v) is 11.7. The third-order valence-corrected chi connectivity index (χ3v) is 7.54. The third kappa shape index (κ3) is 5.90. The topological polar surface area (TPSA) is 137 Å². The van der Waals surface area contributed by atoms with E-state index in [0.29, 0.717) is 31.1 Å². The summed E-state index contributed by atoms with van der Waals surface area (Å²) in [5.41, 5.74) is 7.97. The van der Waals surface area contributed by atoms with Crippen molar-refractivity contribution in [2.45, 2.75) is 58.2 Å². The number of rotatable bonds is 5. The molecule has 12 nitrogen and oxygen atoms in total. The molecule has 2 fully saturated rings. The minimum atomic E-state index is -0.683. The molecule has 1 atom stereocenters. The maximum Gasteiger partial charge on any atom is 0.410 e. The van der Waals surface area contributed by atoms with E-state index in [4.69, 9.17) is 15.5 Å². The molecule has 2 saturated heterocycles. The average molecular weight is 551 g/mol. The first kappa shape index (κ1) is 27.5. The standard InChI is InChI=1S/C28H38N8O4/c1-28(2,3)40-27(39)35-11-9-18-7-8-20(14-19(18)16-35)31-25-23(24(29)37)30-15-22(32-25)34-10-5-6-21(17-34)36-13-12-33(4)26(36)38/h7-8,14-15,21H,5-6,9-13,16-17H2,1-4H3,(H2,29,37)(H,31,32)/t21-/m1/s1. The molecular formula is C28H38N8O4. The van der Waals surface area contributed by atoms with Crippen LogP contribution in [0, 0.1) is 0 Å².